The number of ketones is 1. The van der Waals surface area contributed by atoms with Crippen molar-refractivity contribution in [1.82, 2.24) is 5.32 Å². The molecular weight excluding hydrogens is 605 g/mol. The van der Waals surface area contributed by atoms with E-state index < -0.39 is 16.5 Å². The van der Waals surface area contributed by atoms with E-state index in [-0.39, 0.29) is 93.6 Å². The summed E-state index contributed by atoms with van der Waals surface area (Å²) in [6.07, 6.45) is 5.90. The van der Waals surface area contributed by atoms with Gasteiger partial charge in [-0.1, -0.05) is 46.2 Å². The Morgan fingerprint density at radius 1 is 1.14 bits per heavy atom. The van der Waals surface area contributed by atoms with Gasteiger partial charge in [-0.3, -0.25) is 13.8 Å². The number of rotatable bonds is 8. The summed E-state index contributed by atoms with van der Waals surface area (Å²) in [5.74, 6) is 1.43. The first-order valence-electron chi connectivity index (χ1n) is 15.3. The van der Waals surface area contributed by atoms with Crippen LogP contribution in [-0.2, 0) is 24.2 Å². The predicted molar refractivity (Wildman–Crippen MR) is 159 cm³/mol. The first-order valence-corrected chi connectivity index (χ1v) is 17.9. The molecule has 5 rings (SSSR count). The monoisotopic (exact) mass is 649 g/mol. The molecule has 4 aliphatic carbocycles. The van der Waals surface area contributed by atoms with Gasteiger partial charge in [0.2, 0.25) is 16.3 Å². The number of amides is 1. The van der Waals surface area contributed by atoms with E-state index in [4.69, 9.17) is 15.8 Å². The number of thiophene rings is 1. The molecular formula is C31H45ClNNaO6S2. The van der Waals surface area contributed by atoms with Crippen LogP contribution in [0.25, 0.3) is 0 Å². The maximum Gasteiger partial charge on any atom is 1.00 e. The molecule has 0 aliphatic heterocycles. The fourth-order valence-electron chi connectivity index (χ4n) is 9.94. The molecule has 4 saturated carbocycles. The summed E-state index contributed by atoms with van der Waals surface area (Å²) < 4.78 is 41.7. The molecule has 0 spiro atoms. The Kier molecular flexibility index (Phi) is 10.8. The van der Waals surface area contributed by atoms with Crippen LogP contribution in [0.3, 0.4) is 0 Å². The van der Waals surface area contributed by atoms with Gasteiger partial charge in [0.15, 0.2) is 0 Å². The Hall–Kier alpha value is 0.000000000000000222. The molecule has 1 heterocycles. The Balaban J connectivity index is 0.00000405. The van der Waals surface area contributed by atoms with Crippen LogP contribution >= 0.6 is 22.9 Å². The Morgan fingerprint density at radius 2 is 1.83 bits per heavy atom. The number of Topliss-reactive ketones (excluding diaryl/α,β-unsaturated/α-hetero) is 1. The van der Waals surface area contributed by atoms with Gasteiger partial charge < -0.3 is 9.87 Å². The molecule has 10 atom stereocenters. The third kappa shape index (κ3) is 6.74. The average molecular weight is 650 g/mol. The second kappa shape index (κ2) is 13.0. The summed E-state index contributed by atoms with van der Waals surface area (Å²) in [4.78, 5) is 26.8. The quantitative estimate of drug-likeness (QED) is 0.260. The minimum Gasteiger partial charge on any atom is -0.726 e. The standard InChI is InChI=1S/C31H46ClNO6S2.Na/c1-17(2)29(25-8-9-26(32)40-25)33-27(35)14-18(3)21-6-7-22-28-23(11-13-31(21,22)5)30(4)12-10-20(34)15-19(30)16-24(28)39-41(36,37)38;/h8-9,17-19,21-24,28-29H,6-7,10-16H2,1-5H3,(H,33,35)(H,36,37,38);/q;+1/p-1/t18-,19+,21-,22+,23+,24-,28+,29-,30+,31-;/m1./s1. The molecule has 0 radical (unpaired) electrons. The number of fused-ring (bicyclic) bond motifs is 5. The number of halogens is 1. The second-order valence-electron chi connectivity index (χ2n) is 14.4. The van der Waals surface area contributed by atoms with E-state index in [1.54, 1.807) is 0 Å². The smallest absolute Gasteiger partial charge is 0.726 e. The zero-order valence-electron chi connectivity index (χ0n) is 25.9. The molecule has 1 aromatic heterocycles. The van der Waals surface area contributed by atoms with Gasteiger partial charge in [0.25, 0.3) is 0 Å². The summed E-state index contributed by atoms with van der Waals surface area (Å²) >= 11 is 7.68. The van der Waals surface area contributed by atoms with Gasteiger partial charge in [0.05, 0.1) is 16.5 Å². The molecule has 42 heavy (non-hydrogen) atoms. The summed E-state index contributed by atoms with van der Waals surface area (Å²) in [5.41, 5.74) is -0.117. The van der Waals surface area contributed by atoms with E-state index in [0.29, 0.717) is 35.9 Å². The zero-order valence-corrected chi connectivity index (χ0v) is 30.2. The maximum atomic E-state index is 13.3. The van der Waals surface area contributed by atoms with E-state index in [1.807, 2.05) is 12.1 Å². The number of carbonyl (C=O) groups is 2. The van der Waals surface area contributed by atoms with Crippen LogP contribution in [0.15, 0.2) is 12.1 Å². The molecule has 0 aromatic carbocycles. The largest absolute Gasteiger partial charge is 1.00 e. The summed E-state index contributed by atoms with van der Waals surface area (Å²) in [5, 5.41) is 3.27. The second-order valence-corrected chi connectivity index (χ2v) is 17.1. The SMILES string of the molecule is CC(C)[C@@H](NC(=O)C[C@@H](C)[C@H]1CC[C@H]2[C@@H]3[C@H](OS(=O)(=O)[O-])C[C@@H]4CC(=O)CC[C@]4(C)[C@H]3CC[C@]12C)c1ccc(Cl)s1.[Na+]. The molecule has 230 valence electrons. The van der Waals surface area contributed by atoms with Crippen LogP contribution < -0.4 is 34.9 Å². The van der Waals surface area contributed by atoms with Gasteiger partial charge in [-0.25, -0.2) is 8.42 Å². The fourth-order valence-corrected chi connectivity index (χ4v) is 11.7. The molecule has 11 heteroatoms. The molecule has 4 fully saturated rings. The maximum absolute atomic E-state index is 13.3. The minimum absolute atomic E-state index is 0. The van der Waals surface area contributed by atoms with Crippen molar-refractivity contribution in [3.05, 3.63) is 21.3 Å². The van der Waals surface area contributed by atoms with Gasteiger partial charge in [0, 0.05) is 24.1 Å². The van der Waals surface area contributed by atoms with Crippen LogP contribution in [0, 0.1) is 52.3 Å². The number of nitrogens with one attached hydrogen (secondary N) is 1. The van der Waals surface area contributed by atoms with Gasteiger partial charge in [-0.15, -0.1) is 11.3 Å². The molecule has 0 bridgehead atoms. The fraction of sp³-hybridized carbons (Fsp3) is 0.806. The van der Waals surface area contributed by atoms with Crippen molar-refractivity contribution < 1.29 is 56.3 Å². The van der Waals surface area contributed by atoms with Crippen LogP contribution in [0.4, 0.5) is 0 Å². The Bertz CT molecular complexity index is 1270. The third-order valence-corrected chi connectivity index (χ3v) is 13.7. The molecule has 1 amide bonds. The minimum atomic E-state index is -4.88. The van der Waals surface area contributed by atoms with E-state index in [9.17, 15) is 22.6 Å². The van der Waals surface area contributed by atoms with Crippen molar-refractivity contribution in [3.8, 4) is 0 Å². The number of hydrogen-bond acceptors (Lipinski definition) is 7. The van der Waals surface area contributed by atoms with Gasteiger partial charge in [0.1, 0.15) is 5.78 Å². The van der Waals surface area contributed by atoms with Crippen molar-refractivity contribution in [2.24, 2.45) is 52.3 Å². The number of carbonyl (C=O) groups excluding carboxylic acids is 2. The van der Waals surface area contributed by atoms with E-state index in [1.165, 1.54) is 11.3 Å². The molecule has 7 nitrogen and oxygen atoms in total. The van der Waals surface area contributed by atoms with Crippen molar-refractivity contribution in [2.75, 3.05) is 0 Å². The van der Waals surface area contributed by atoms with Crippen molar-refractivity contribution >= 4 is 45.0 Å². The van der Waals surface area contributed by atoms with Crippen LogP contribution in [0.5, 0.6) is 0 Å². The van der Waals surface area contributed by atoms with E-state index in [2.05, 4.69) is 39.9 Å². The van der Waals surface area contributed by atoms with Crippen molar-refractivity contribution in [2.45, 2.75) is 105 Å². The van der Waals surface area contributed by atoms with E-state index in [0.717, 1.165) is 37.0 Å². The van der Waals surface area contributed by atoms with Crippen LogP contribution in [0.1, 0.15) is 103 Å². The molecule has 0 unspecified atom stereocenters. The van der Waals surface area contributed by atoms with Gasteiger partial charge in [-0.05, 0) is 103 Å². The van der Waals surface area contributed by atoms with Crippen LogP contribution in [-0.4, -0.2) is 30.8 Å². The summed E-state index contributed by atoms with van der Waals surface area (Å²) in [6, 6.07) is 3.77. The Morgan fingerprint density at radius 3 is 2.45 bits per heavy atom. The topological polar surface area (TPSA) is 113 Å². The number of hydrogen-bond donors (Lipinski definition) is 1. The van der Waals surface area contributed by atoms with Crippen molar-refractivity contribution in [1.29, 1.82) is 0 Å². The summed E-state index contributed by atoms with van der Waals surface area (Å²) in [7, 11) is -4.88. The van der Waals surface area contributed by atoms with Gasteiger partial charge in [-0.2, -0.15) is 0 Å². The van der Waals surface area contributed by atoms with Crippen molar-refractivity contribution in [3.63, 3.8) is 0 Å². The molecule has 0 saturated heterocycles. The molecule has 1 N–H and O–H groups in total. The molecule has 1 aromatic rings. The normalized spacial score (nSPS) is 37.7. The Labute approximate surface area is 282 Å². The first kappa shape index (κ1) is 34.9. The third-order valence-electron chi connectivity index (χ3n) is 11.9. The summed E-state index contributed by atoms with van der Waals surface area (Å²) in [6.45, 7) is 11.0. The molecule has 4 aliphatic rings. The predicted octanol–water partition coefficient (Wildman–Crippen LogP) is 3.93. The average Bonchev–Trinajstić information content (AvgIpc) is 3.45. The zero-order chi connectivity index (χ0) is 29.9. The van der Waals surface area contributed by atoms with Gasteiger partial charge >= 0.3 is 29.6 Å². The van der Waals surface area contributed by atoms with E-state index >= 15 is 0 Å². The van der Waals surface area contributed by atoms with Crippen LogP contribution in [0.2, 0.25) is 4.34 Å². The first-order chi connectivity index (χ1) is 19.1.